The molecule has 1 nitrogen and oxygen atoms in total. The number of rotatable bonds is 1. The lowest BCUT2D eigenvalue weighted by atomic mass is 9.66. The summed E-state index contributed by atoms with van der Waals surface area (Å²) in [6, 6.07) is 50.9. The van der Waals surface area contributed by atoms with E-state index in [0.29, 0.717) is 0 Å². The lowest BCUT2D eigenvalue weighted by Gasteiger charge is -2.35. The molecule has 3 spiro atoms. The molecule has 0 saturated heterocycles. The summed E-state index contributed by atoms with van der Waals surface area (Å²) in [5.41, 5.74) is 17.7. The molecule has 6 aromatic rings. The maximum Gasteiger partial charge on any atom is 0.119 e. The zero-order chi connectivity index (χ0) is 29.3. The minimum atomic E-state index is -0.237. The molecule has 0 amide bonds. The summed E-state index contributed by atoms with van der Waals surface area (Å²) in [6.45, 7) is 2.26. The third kappa shape index (κ3) is 2.65. The molecule has 1 heteroatoms. The highest BCUT2D eigenvalue weighted by molar-refractivity contribution is 5.89. The molecule has 1 atom stereocenters. The van der Waals surface area contributed by atoms with Gasteiger partial charge in [0.05, 0.1) is 7.11 Å². The highest BCUT2D eigenvalue weighted by atomic mass is 16.5. The van der Waals surface area contributed by atoms with E-state index in [1.54, 1.807) is 7.11 Å². The van der Waals surface area contributed by atoms with Gasteiger partial charge in [-0.05, 0) is 98.7 Å². The maximum atomic E-state index is 5.97. The van der Waals surface area contributed by atoms with Gasteiger partial charge in [0.25, 0.3) is 0 Å². The number of hydrogen-bond acceptors (Lipinski definition) is 1. The monoisotopic (exact) mass is 564 g/mol. The van der Waals surface area contributed by atoms with Crippen LogP contribution in [0.1, 0.15) is 62.9 Å². The third-order valence-electron chi connectivity index (χ3n) is 11.6. The van der Waals surface area contributed by atoms with Crippen molar-refractivity contribution in [3.05, 3.63) is 184 Å². The van der Waals surface area contributed by atoms with Gasteiger partial charge < -0.3 is 4.74 Å². The molecule has 0 bridgehead atoms. The molecule has 10 rings (SSSR count). The van der Waals surface area contributed by atoms with Crippen LogP contribution in [0.3, 0.4) is 0 Å². The molecule has 4 aliphatic carbocycles. The van der Waals surface area contributed by atoms with Gasteiger partial charge in [-0.25, -0.2) is 0 Å². The lowest BCUT2D eigenvalue weighted by Crippen LogP contribution is -2.32. The fourth-order valence-electron chi connectivity index (χ4n) is 10.1. The van der Waals surface area contributed by atoms with Gasteiger partial charge >= 0.3 is 0 Å². The van der Waals surface area contributed by atoms with E-state index in [2.05, 4.69) is 140 Å². The number of methoxy groups -OCH3 is 1. The molecule has 44 heavy (non-hydrogen) atoms. The number of fused-ring (bicyclic) bond motifs is 16. The second-order valence-electron chi connectivity index (χ2n) is 13.4. The van der Waals surface area contributed by atoms with Gasteiger partial charge in [0, 0.05) is 16.2 Å². The first-order valence-electron chi connectivity index (χ1n) is 15.8. The molecule has 0 aliphatic heterocycles. The van der Waals surface area contributed by atoms with E-state index in [1.807, 2.05) is 0 Å². The Kier molecular flexibility index (Phi) is 4.57. The van der Waals surface area contributed by atoms with Crippen LogP contribution in [0.25, 0.3) is 22.3 Å². The van der Waals surface area contributed by atoms with Crippen LogP contribution < -0.4 is 4.74 Å². The molecule has 0 N–H and O–H groups in total. The van der Waals surface area contributed by atoms with E-state index in [-0.39, 0.29) is 16.2 Å². The number of benzene rings is 6. The molecule has 4 aliphatic rings. The molecule has 1 unspecified atom stereocenters. The predicted octanol–water partition coefficient (Wildman–Crippen LogP) is 9.73. The SMILES string of the molecule is COc1ccc2c(c1)C1(CC3(c4ccccc4-c4ccccc43)c3ccc(C)cc31)CC21c2ccccc2-c2ccccc21. The Morgan fingerprint density at radius 3 is 1.30 bits per heavy atom. The second kappa shape index (κ2) is 8.18. The van der Waals surface area contributed by atoms with Crippen molar-refractivity contribution >= 4 is 0 Å². The van der Waals surface area contributed by atoms with Crippen LogP contribution >= 0.6 is 0 Å². The van der Waals surface area contributed by atoms with Crippen LogP contribution in [-0.4, -0.2) is 7.11 Å². The summed E-state index contributed by atoms with van der Waals surface area (Å²) in [6.07, 6.45) is 2.00. The summed E-state index contributed by atoms with van der Waals surface area (Å²) >= 11 is 0. The molecular formula is C43H32O. The molecule has 0 radical (unpaired) electrons. The molecule has 0 heterocycles. The number of aryl methyl sites for hydroxylation is 1. The normalized spacial score (nSPS) is 19.9. The predicted molar refractivity (Wildman–Crippen MR) is 178 cm³/mol. The summed E-state index contributed by atoms with van der Waals surface area (Å²) in [7, 11) is 1.80. The third-order valence-corrected chi connectivity index (χ3v) is 11.6. The fourth-order valence-corrected chi connectivity index (χ4v) is 10.1. The first-order valence-corrected chi connectivity index (χ1v) is 15.8. The van der Waals surface area contributed by atoms with Crippen molar-refractivity contribution in [2.24, 2.45) is 0 Å². The van der Waals surface area contributed by atoms with E-state index in [1.165, 1.54) is 72.3 Å². The van der Waals surface area contributed by atoms with E-state index in [0.717, 1.165) is 18.6 Å². The smallest absolute Gasteiger partial charge is 0.119 e. The van der Waals surface area contributed by atoms with Gasteiger partial charge in [0.2, 0.25) is 0 Å². The highest BCUT2D eigenvalue weighted by Gasteiger charge is 2.65. The Hall–Kier alpha value is -4.88. The van der Waals surface area contributed by atoms with Crippen molar-refractivity contribution in [2.45, 2.75) is 36.0 Å². The molecular weight excluding hydrogens is 532 g/mol. The summed E-state index contributed by atoms with van der Waals surface area (Å²) < 4.78 is 5.97. The first-order chi connectivity index (χ1) is 21.6. The Balaban J connectivity index is 1.34. The fraction of sp³-hybridized carbons (Fsp3) is 0.163. The summed E-state index contributed by atoms with van der Waals surface area (Å²) in [5.74, 6) is 0.933. The Bertz CT molecular complexity index is 2110. The highest BCUT2D eigenvalue weighted by Crippen LogP contribution is 2.72. The van der Waals surface area contributed by atoms with Gasteiger partial charge in [0.15, 0.2) is 0 Å². The summed E-state index contributed by atoms with van der Waals surface area (Å²) in [4.78, 5) is 0. The van der Waals surface area contributed by atoms with Gasteiger partial charge in [-0.3, -0.25) is 0 Å². The summed E-state index contributed by atoms with van der Waals surface area (Å²) in [5, 5.41) is 0. The van der Waals surface area contributed by atoms with Crippen molar-refractivity contribution in [1.29, 1.82) is 0 Å². The Labute approximate surface area is 258 Å². The molecule has 0 saturated carbocycles. The quantitative estimate of drug-likeness (QED) is 0.193. The number of ether oxygens (including phenoxy) is 1. The standard InChI is InChI=1S/C43H32O/c1-27-19-21-37-39(23-27)41(25-42(37)33-15-7-3-11-29(33)30-12-4-8-16-34(30)42)26-43(38-22-20-28(44-2)24-40(38)41)35-17-9-5-13-31(35)32-14-6-10-18-36(32)43/h3-24H,25-26H2,1-2H3. The van der Waals surface area contributed by atoms with Crippen molar-refractivity contribution in [3.8, 4) is 28.0 Å². The average molecular weight is 565 g/mol. The molecule has 0 aromatic heterocycles. The first kappa shape index (κ1) is 24.6. The van der Waals surface area contributed by atoms with E-state index < -0.39 is 0 Å². The van der Waals surface area contributed by atoms with Gasteiger partial charge in [-0.2, -0.15) is 0 Å². The minimum absolute atomic E-state index is 0.208. The molecule has 0 fully saturated rings. The Morgan fingerprint density at radius 1 is 0.432 bits per heavy atom. The van der Waals surface area contributed by atoms with Crippen LogP contribution in [0, 0.1) is 6.92 Å². The van der Waals surface area contributed by atoms with E-state index in [4.69, 9.17) is 4.74 Å². The van der Waals surface area contributed by atoms with E-state index in [9.17, 15) is 0 Å². The van der Waals surface area contributed by atoms with Crippen LogP contribution in [0.5, 0.6) is 5.75 Å². The minimum Gasteiger partial charge on any atom is -0.497 e. The Morgan fingerprint density at radius 2 is 0.841 bits per heavy atom. The van der Waals surface area contributed by atoms with Crippen molar-refractivity contribution in [2.75, 3.05) is 7.11 Å². The molecule has 6 aromatic carbocycles. The largest absolute Gasteiger partial charge is 0.497 e. The zero-order valence-electron chi connectivity index (χ0n) is 25.0. The van der Waals surface area contributed by atoms with Crippen LogP contribution in [-0.2, 0) is 16.2 Å². The van der Waals surface area contributed by atoms with Crippen LogP contribution in [0.15, 0.2) is 133 Å². The topological polar surface area (TPSA) is 9.23 Å². The van der Waals surface area contributed by atoms with Crippen LogP contribution in [0.4, 0.5) is 0 Å². The van der Waals surface area contributed by atoms with Gasteiger partial charge in [0.1, 0.15) is 5.75 Å². The van der Waals surface area contributed by atoms with Crippen molar-refractivity contribution < 1.29 is 4.74 Å². The average Bonchev–Trinajstić information content (AvgIpc) is 3.73. The number of hydrogen-bond donors (Lipinski definition) is 0. The zero-order valence-corrected chi connectivity index (χ0v) is 25.0. The molecule has 210 valence electrons. The van der Waals surface area contributed by atoms with Crippen molar-refractivity contribution in [3.63, 3.8) is 0 Å². The lowest BCUT2D eigenvalue weighted by molar-refractivity contribution is 0.396. The van der Waals surface area contributed by atoms with Gasteiger partial charge in [-0.15, -0.1) is 0 Å². The maximum absolute atomic E-state index is 5.97. The van der Waals surface area contributed by atoms with Crippen molar-refractivity contribution in [1.82, 2.24) is 0 Å². The van der Waals surface area contributed by atoms with Gasteiger partial charge in [-0.1, -0.05) is 127 Å². The van der Waals surface area contributed by atoms with E-state index >= 15 is 0 Å². The second-order valence-corrected chi connectivity index (χ2v) is 13.4. The van der Waals surface area contributed by atoms with Crippen LogP contribution in [0.2, 0.25) is 0 Å².